The van der Waals surface area contributed by atoms with Crippen LogP contribution in [-0.2, 0) is 17.6 Å². The van der Waals surface area contributed by atoms with E-state index in [9.17, 15) is 19.8 Å². The molecule has 3 aromatic rings. The molecule has 202 valence electrons. The first-order chi connectivity index (χ1) is 17.5. The van der Waals surface area contributed by atoms with Gasteiger partial charge in [-0.3, -0.25) is 9.59 Å². The highest BCUT2D eigenvalue weighted by molar-refractivity contribution is 7.16. The number of aromatic hydroxyl groups is 1. The summed E-state index contributed by atoms with van der Waals surface area (Å²) in [7, 11) is 0. The Hall–Kier alpha value is -2.43. The fraction of sp³-hybridized carbons (Fsp3) is 0.481. The highest BCUT2D eigenvalue weighted by atomic mass is 35.5. The van der Waals surface area contributed by atoms with Crippen LogP contribution in [0.25, 0.3) is 10.2 Å². The summed E-state index contributed by atoms with van der Waals surface area (Å²) in [5, 5.41) is 24.3. The van der Waals surface area contributed by atoms with E-state index in [1.807, 2.05) is 38.1 Å². The van der Waals surface area contributed by atoms with Gasteiger partial charge in [-0.1, -0.05) is 55.0 Å². The van der Waals surface area contributed by atoms with Gasteiger partial charge in [-0.15, -0.1) is 0 Å². The lowest BCUT2D eigenvalue weighted by molar-refractivity contribution is -0.932. The summed E-state index contributed by atoms with van der Waals surface area (Å²) in [6.07, 6.45) is 1.77. The van der Waals surface area contributed by atoms with Gasteiger partial charge >= 0.3 is 4.87 Å². The number of aliphatic hydroxyl groups excluding tert-OH is 1. The van der Waals surface area contributed by atoms with Crippen LogP contribution in [0.5, 0.6) is 5.75 Å². The number of aromatic amines is 1. The molecule has 2 aromatic carbocycles. The lowest BCUT2D eigenvalue weighted by Gasteiger charge is -2.43. The Bertz CT molecular complexity index is 1260. The topological polar surface area (TPSA) is 128 Å². The molecule has 1 amide bonds. The number of quaternary nitrogens is 1. The van der Waals surface area contributed by atoms with E-state index in [0.717, 1.165) is 46.7 Å². The maximum atomic E-state index is 11.8. The van der Waals surface area contributed by atoms with Crippen molar-refractivity contribution in [3.05, 3.63) is 62.2 Å². The number of aliphatic hydroxyl groups is 1. The number of carbonyl (C=O) groups excluding carboxylic acids is 1. The fourth-order valence-electron chi connectivity index (χ4n) is 4.87. The molecule has 8 nitrogen and oxygen atoms in total. The van der Waals surface area contributed by atoms with Gasteiger partial charge < -0.3 is 30.7 Å². The Morgan fingerprint density at radius 2 is 1.95 bits per heavy atom. The zero-order chi connectivity index (χ0) is 27.1. The van der Waals surface area contributed by atoms with Crippen molar-refractivity contribution in [2.24, 2.45) is 11.1 Å². The second-order valence-corrected chi connectivity index (χ2v) is 12.0. The van der Waals surface area contributed by atoms with E-state index in [1.54, 1.807) is 6.07 Å². The Morgan fingerprint density at radius 1 is 1.16 bits per heavy atom. The van der Waals surface area contributed by atoms with Crippen LogP contribution < -0.4 is 15.9 Å². The van der Waals surface area contributed by atoms with E-state index in [-0.39, 0.29) is 35.0 Å². The summed E-state index contributed by atoms with van der Waals surface area (Å²) in [6.45, 7) is 8.37. The summed E-state index contributed by atoms with van der Waals surface area (Å²) in [4.78, 5) is 26.0. The van der Waals surface area contributed by atoms with Crippen molar-refractivity contribution in [1.29, 1.82) is 0 Å². The molecule has 0 aliphatic heterocycles. The zero-order valence-corrected chi connectivity index (χ0v) is 23.1. The van der Waals surface area contributed by atoms with Crippen LogP contribution in [0.3, 0.4) is 0 Å². The number of benzene rings is 2. The molecule has 0 aliphatic rings. The van der Waals surface area contributed by atoms with Crippen molar-refractivity contribution in [3.63, 3.8) is 0 Å². The molecule has 6 N–H and O–H groups in total. The number of nitrogens with two attached hydrogens (primary N) is 1. The van der Waals surface area contributed by atoms with Crippen LogP contribution in [0.15, 0.2) is 41.2 Å². The van der Waals surface area contributed by atoms with Gasteiger partial charge in [0, 0.05) is 23.4 Å². The molecule has 1 unspecified atom stereocenters. The average molecular weight is 550 g/mol. The number of phenols is 1. The van der Waals surface area contributed by atoms with Crippen LogP contribution in [0.2, 0.25) is 5.02 Å². The monoisotopic (exact) mass is 549 g/mol. The van der Waals surface area contributed by atoms with Crippen molar-refractivity contribution in [2.75, 3.05) is 45.9 Å². The van der Waals surface area contributed by atoms with Gasteiger partial charge in [0.1, 0.15) is 11.3 Å². The van der Waals surface area contributed by atoms with Crippen LogP contribution >= 0.6 is 22.9 Å². The van der Waals surface area contributed by atoms with E-state index in [2.05, 4.69) is 16.4 Å². The molecule has 1 aromatic heterocycles. The fourth-order valence-corrected chi connectivity index (χ4v) is 5.98. The molecule has 0 radical (unpaired) electrons. The Balaban J connectivity index is 1.70. The number of H-pyrrole nitrogens is 1. The zero-order valence-electron chi connectivity index (χ0n) is 21.6. The third kappa shape index (κ3) is 8.55. The third-order valence-electron chi connectivity index (χ3n) is 6.76. The molecule has 1 atom stereocenters. The van der Waals surface area contributed by atoms with Crippen molar-refractivity contribution >= 4 is 39.1 Å². The summed E-state index contributed by atoms with van der Waals surface area (Å²) >= 11 is 7.31. The molecule has 1 heterocycles. The molecular formula is C27H38ClN4O4S+. The standard InChI is InChI=1S/C27H37ClN4O4S/c1-27(2,18-33)17-32(14-10-23(29)35,13-9-19-4-3-5-21(28)16-19)15-12-30-11-8-20-6-7-22(34)24-25(20)37-26(36)31-24/h3-7,16,30,33H,8-15,17-18H2,1-2H3,(H3-,29,31,34,35,36)/p+1. The number of halogens is 1. The second-order valence-electron chi connectivity index (χ2n) is 10.6. The number of nitrogens with zero attached hydrogens (tertiary/aromatic N) is 1. The molecule has 3 rings (SSSR count). The quantitative estimate of drug-likeness (QED) is 0.147. The first-order valence-corrected chi connectivity index (χ1v) is 13.8. The number of hydrogen-bond acceptors (Lipinski definition) is 6. The Morgan fingerprint density at radius 3 is 2.65 bits per heavy atom. The normalized spacial score (nSPS) is 13.6. The van der Waals surface area contributed by atoms with Crippen LogP contribution in [0.1, 0.15) is 31.4 Å². The molecular weight excluding hydrogens is 512 g/mol. The number of rotatable bonds is 15. The molecule has 0 saturated heterocycles. The molecule has 0 saturated carbocycles. The number of amides is 1. The number of aromatic nitrogens is 1. The lowest BCUT2D eigenvalue weighted by Crippen LogP contribution is -2.58. The number of thiazole rings is 1. The summed E-state index contributed by atoms with van der Waals surface area (Å²) in [5.74, 6) is -0.255. The highest BCUT2D eigenvalue weighted by Gasteiger charge is 2.35. The molecule has 0 fully saturated rings. The van der Waals surface area contributed by atoms with E-state index in [0.29, 0.717) is 47.6 Å². The van der Waals surface area contributed by atoms with Crippen LogP contribution in [0, 0.1) is 5.41 Å². The number of carbonyl (C=O) groups is 1. The summed E-state index contributed by atoms with van der Waals surface area (Å²) in [6, 6.07) is 11.3. The van der Waals surface area contributed by atoms with E-state index in [4.69, 9.17) is 17.3 Å². The van der Waals surface area contributed by atoms with E-state index < -0.39 is 0 Å². The predicted octanol–water partition coefficient (Wildman–Crippen LogP) is 3.03. The van der Waals surface area contributed by atoms with Gasteiger partial charge in [0.2, 0.25) is 5.91 Å². The molecule has 10 heteroatoms. The molecule has 0 aliphatic carbocycles. The smallest absolute Gasteiger partial charge is 0.305 e. The van der Waals surface area contributed by atoms with E-state index in [1.165, 1.54) is 0 Å². The first-order valence-electron chi connectivity index (χ1n) is 12.6. The minimum atomic E-state index is -0.332. The number of fused-ring (bicyclic) bond motifs is 1. The Kier molecular flexibility index (Phi) is 10.1. The highest BCUT2D eigenvalue weighted by Crippen LogP contribution is 2.28. The van der Waals surface area contributed by atoms with Crippen LogP contribution in [0.4, 0.5) is 0 Å². The molecule has 37 heavy (non-hydrogen) atoms. The average Bonchev–Trinajstić information content (AvgIpc) is 3.25. The number of phenolic OH excluding ortho intramolecular Hbond substituents is 1. The number of primary amides is 1. The van der Waals surface area contributed by atoms with Crippen molar-refractivity contribution in [1.82, 2.24) is 10.3 Å². The Labute approximate surface area is 226 Å². The van der Waals surface area contributed by atoms with Crippen molar-refractivity contribution in [3.8, 4) is 5.75 Å². The van der Waals surface area contributed by atoms with Crippen molar-refractivity contribution < 1.29 is 19.5 Å². The maximum Gasteiger partial charge on any atom is 0.305 e. The van der Waals surface area contributed by atoms with Gasteiger partial charge in [-0.05, 0) is 42.3 Å². The lowest BCUT2D eigenvalue weighted by atomic mass is 9.92. The van der Waals surface area contributed by atoms with Gasteiger partial charge in [0.15, 0.2) is 0 Å². The van der Waals surface area contributed by atoms with Crippen LogP contribution in [-0.4, -0.2) is 71.5 Å². The SMILES string of the molecule is CC(C)(CO)C[N+](CCNCCc1ccc(O)c2[nH]c(=O)sc12)(CCC(N)=O)CCc1cccc(Cl)c1. The first kappa shape index (κ1) is 29.1. The third-order valence-corrected chi connectivity index (χ3v) is 7.95. The molecule has 0 spiro atoms. The van der Waals surface area contributed by atoms with Gasteiger partial charge in [0.25, 0.3) is 0 Å². The number of hydrogen-bond donors (Lipinski definition) is 5. The number of nitrogens with one attached hydrogen (secondary N) is 2. The van der Waals surface area contributed by atoms with Crippen molar-refractivity contribution in [2.45, 2.75) is 33.1 Å². The summed E-state index contributed by atoms with van der Waals surface area (Å²) in [5.41, 5.74) is 7.84. The minimum Gasteiger partial charge on any atom is -0.506 e. The minimum absolute atomic E-state index is 0.0462. The largest absolute Gasteiger partial charge is 0.506 e. The molecule has 0 bridgehead atoms. The summed E-state index contributed by atoms with van der Waals surface area (Å²) < 4.78 is 1.42. The maximum absolute atomic E-state index is 11.8. The second kappa shape index (κ2) is 12.9. The van der Waals surface area contributed by atoms with Gasteiger partial charge in [-0.2, -0.15) is 0 Å². The predicted molar refractivity (Wildman–Crippen MR) is 150 cm³/mol. The van der Waals surface area contributed by atoms with Gasteiger partial charge in [0.05, 0.1) is 43.9 Å². The van der Waals surface area contributed by atoms with Gasteiger partial charge in [-0.25, -0.2) is 0 Å². The van der Waals surface area contributed by atoms with E-state index >= 15 is 0 Å².